The second kappa shape index (κ2) is 4.79. The topological polar surface area (TPSA) is 39.4 Å². The maximum absolute atomic E-state index is 4.76. The fourth-order valence-electron chi connectivity index (χ4n) is 0.902. The Morgan fingerprint density at radius 1 is 1.50 bits per heavy atom. The van der Waals surface area contributed by atoms with Crippen LogP contribution in [0.5, 0.6) is 0 Å². The fraction of sp³-hybridized carbons (Fsp3) is 0.600. The first-order valence-electron chi connectivity index (χ1n) is 4.71. The Hall–Kier alpha value is -1.32. The van der Waals surface area contributed by atoms with Crippen LogP contribution in [-0.2, 0) is 11.9 Å². The predicted octanol–water partition coefficient (Wildman–Crippen LogP) is 1.76. The summed E-state index contributed by atoms with van der Waals surface area (Å²) in [7, 11) is 1.97. The fourth-order valence-corrected chi connectivity index (χ4v) is 0.902. The van der Waals surface area contributed by atoms with Crippen molar-refractivity contribution in [3.05, 3.63) is 18.2 Å². The Kier molecular flexibility index (Phi) is 3.68. The van der Waals surface area contributed by atoms with Gasteiger partial charge in [0.25, 0.3) is 0 Å². The van der Waals surface area contributed by atoms with Crippen LogP contribution in [-0.4, -0.2) is 21.9 Å². The van der Waals surface area contributed by atoms with Crippen LogP contribution >= 0.6 is 0 Å². The first-order valence-corrected chi connectivity index (χ1v) is 4.71. The summed E-state index contributed by atoms with van der Waals surface area (Å²) in [6.07, 6.45) is 3.71. The first kappa shape index (κ1) is 10.8. The van der Waals surface area contributed by atoms with E-state index in [1.165, 1.54) is 0 Å². The van der Waals surface area contributed by atoms with Gasteiger partial charge in [0.05, 0.1) is 5.71 Å². The van der Waals surface area contributed by atoms with Gasteiger partial charge in [0.2, 0.25) is 0 Å². The third-order valence-corrected chi connectivity index (χ3v) is 2.31. The molecule has 1 aliphatic heterocycles. The quantitative estimate of drug-likeness (QED) is 0.632. The summed E-state index contributed by atoms with van der Waals surface area (Å²) < 4.78 is 1.97. The Balaban J connectivity index is 0.000000140. The van der Waals surface area contributed by atoms with Crippen molar-refractivity contribution >= 4 is 5.71 Å². The van der Waals surface area contributed by atoms with Crippen LogP contribution < -0.4 is 0 Å². The number of hydrogen-bond donors (Lipinski definition) is 0. The third-order valence-electron chi connectivity index (χ3n) is 2.31. The van der Waals surface area contributed by atoms with E-state index in [0.29, 0.717) is 5.92 Å². The predicted molar refractivity (Wildman–Crippen MR) is 56.2 cm³/mol. The van der Waals surface area contributed by atoms with Crippen molar-refractivity contribution in [2.24, 2.45) is 18.1 Å². The van der Waals surface area contributed by atoms with E-state index in [1.54, 1.807) is 6.20 Å². The molecule has 14 heavy (non-hydrogen) atoms. The second-order valence-electron chi connectivity index (χ2n) is 3.51. The van der Waals surface area contributed by atoms with Gasteiger partial charge in [-0.15, -0.1) is 0 Å². The number of rotatable bonds is 0. The highest BCUT2D eigenvalue weighted by molar-refractivity contribution is 5.84. The average Bonchev–Trinajstić information content (AvgIpc) is 2.67. The normalized spacial score (nSPS) is 19.4. The van der Waals surface area contributed by atoms with E-state index in [-0.39, 0.29) is 0 Å². The van der Waals surface area contributed by atoms with Crippen LogP contribution in [0.2, 0.25) is 0 Å². The molecule has 0 saturated carbocycles. The summed E-state index contributed by atoms with van der Waals surface area (Å²) in [4.78, 5) is 8.74. The van der Waals surface area contributed by atoms with Gasteiger partial charge in [-0.25, -0.2) is 4.98 Å². The number of aromatic nitrogens is 2. The van der Waals surface area contributed by atoms with Gasteiger partial charge in [-0.1, -0.05) is 12.1 Å². The molecule has 1 atom stereocenters. The highest BCUT2D eigenvalue weighted by Gasteiger charge is 2.11. The van der Waals surface area contributed by atoms with Crippen LogP contribution in [0.4, 0.5) is 0 Å². The van der Waals surface area contributed by atoms with Crippen molar-refractivity contribution < 1.29 is 4.84 Å². The summed E-state index contributed by atoms with van der Waals surface area (Å²) in [5.41, 5.74) is 1.11. The van der Waals surface area contributed by atoms with E-state index in [0.717, 1.165) is 18.1 Å². The zero-order valence-electron chi connectivity index (χ0n) is 9.19. The summed E-state index contributed by atoms with van der Waals surface area (Å²) in [5, 5.41) is 3.73. The molecule has 0 unspecified atom stereocenters. The van der Waals surface area contributed by atoms with E-state index >= 15 is 0 Å². The highest BCUT2D eigenvalue weighted by Crippen LogP contribution is 2.06. The van der Waals surface area contributed by atoms with Crippen LogP contribution in [0.25, 0.3) is 0 Å². The molecule has 1 aliphatic rings. The van der Waals surface area contributed by atoms with E-state index in [4.69, 9.17) is 4.84 Å². The molecule has 4 nitrogen and oxygen atoms in total. The maximum Gasteiger partial charge on any atom is 0.125 e. The summed E-state index contributed by atoms with van der Waals surface area (Å²) in [5.74, 6) is 1.60. The van der Waals surface area contributed by atoms with Crippen LogP contribution in [0.15, 0.2) is 17.5 Å². The Morgan fingerprint density at radius 3 is 2.36 bits per heavy atom. The SMILES string of the molecule is CC1=NOC[C@H]1C.Cc1nccn1C. The molecule has 78 valence electrons. The molecule has 0 N–H and O–H groups in total. The van der Waals surface area contributed by atoms with Gasteiger partial charge in [0, 0.05) is 25.4 Å². The van der Waals surface area contributed by atoms with Crippen molar-refractivity contribution in [3.63, 3.8) is 0 Å². The Labute approximate surface area is 84.6 Å². The monoisotopic (exact) mass is 195 g/mol. The lowest BCUT2D eigenvalue weighted by molar-refractivity contribution is 0.158. The smallest absolute Gasteiger partial charge is 0.125 e. The van der Waals surface area contributed by atoms with Crippen LogP contribution in [0.1, 0.15) is 19.7 Å². The molecule has 2 rings (SSSR count). The minimum atomic E-state index is 0.542. The van der Waals surface area contributed by atoms with Gasteiger partial charge in [-0.3, -0.25) is 0 Å². The summed E-state index contributed by atoms with van der Waals surface area (Å²) >= 11 is 0. The van der Waals surface area contributed by atoms with Crippen molar-refractivity contribution in [2.45, 2.75) is 20.8 Å². The molecule has 0 saturated heterocycles. The Bertz CT molecular complexity index is 300. The van der Waals surface area contributed by atoms with Crippen molar-refractivity contribution in [1.29, 1.82) is 0 Å². The number of aryl methyl sites for hydroxylation is 2. The summed E-state index contributed by atoms with van der Waals surface area (Å²) in [6.45, 7) is 6.83. The molecule has 0 bridgehead atoms. The van der Waals surface area contributed by atoms with Gasteiger partial charge in [-0.2, -0.15) is 0 Å². The molecule has 4 heteroatoms. The van der Waals surface area contributed by atoms with Gasteiger partial charge < -0.3 is 9.40 Å². The van der Waals surface area contributed by atoms with Gasteiger partial charge >= 0.3 is 0 Å². The minimum Gasteiger partial charge on any atom is -0.395 e. The molecule has 0 spiro atoms. The number of hydrogen-bond acceptors (Lipinski definition) is 3. The van der Waals surface area contributed by atoms with Gasteiger partial charge in [0.15, 0.2) is 0 Å². The second-order valence-corrected chi connectivity index (χ2v) is 3.51. The van der Waals surface area contributed by atoms with E-state index < -0.39 is 0 Å². The minimum absolute atomic E-state index is 0.542. The van der Waals surface area contributed by atoms with Crippen molar-refractivity contribution in [2.75, 3.05) is 6.61 Å². The molecule has 0 aromatic carbocycles. The van der Waals surface area contributed by atoms with E-state index in [1.807, 2.05) is 31.7 Å². The Morgan fingerprint density at radius 2 is 2.21 bits per heavy atom. The van der Waals surface area contributed by atoms with Crippen molar-refractivity contribution in [1.82, 2.24) is 9.55 Å². The number of imidazole rings is 1. The van der Waals surface area contributed by atoms with Crippen molar-refractivity contribution in [3.8, 4) is 0 Å². The molecular weight excluding hydrogens is 178 g/mol. The standard InChI is InChI=1S/C5H8N2.C5H9NO/c1-5-6-3-4-7(5)2;1-4-3-7-6-5(4)2/h3-4H,1-2H3;4H,3H2,1-2H3/t;4-/m.1/s1. The number of nitrogens with zero attached hydrogens (tertiary/aromatic N) is 3. The molecular formula is C10H17N3O. The third kappa shape index (κ3) is 2.87. The molecule has 0 amide bonds. The lowest BCUT2D eigenvalue weighted by Crippen LogP contribution is -2.02. The number of oxime groups is 1. The highest BCUT2D eigenvalue weighted by atomic mass is 16.6. The molecule has 1 aromatic rings. The van der Waals surface area contributed by atoms with Gasteiger partial charge in [0.1, 0.15) is 12.4 Å². The van der Waals surface area contributed by atoms with E-state index in [2.05, 4.69) is 17.1 Å². The summed E-state index contributed by atoms with van der Waals surface area (Å²) in [6, 6.07) is 0. The molecule has 2 heterocycles. The maximum atomic E-state index is 4.76. The van der Waals surface area contributed by atoms with Crippen LogP contribution in [0, 0.1) is 12.8 Å². The molecule has 1 aromatic heterocycles. The van der Waals surface area contributed by atoms with Crippen LogP contribution in [0.3, 0.4) is 0 Å². The lowest BCUT2D eigenvalue weighted by atomic mass is 10.1. The molecule has 0 aliphatic carbocycles. The first-order chi connectivity index (χ1) is 6.61. The average molecular weight is 195 g/mol. The van der Waals surface area contributed by atoms with Gasteiger partial charge in [-0.05, 0) is 13.8 Å². The zero-order valence-corrected chi connectivity index (χ0v) is 9.19. The molecule has 0 fully saturated rings. The van der Waals surface area contributed by atoms with E-state index in [9.17, 15) is 0 Å². The lowest BCUT2D eigenvalue weighted by Gasteiger charge is -1.92. The molecule has 0 radical (unpaired) electrons. The zero-order chi connectivity index (χ0) is 10.6. The largest absolute Gasteiger partial charge is 0.395 e.